The van der Waals surface area contributed by atoms with E-state index < -0.39 is 0 Å². The average molecular weight is 304 g/mol. The van der Waals surface area contributed by atoms with Crippen molar-refractivity contribution >= 4 is 17.5 Å². The number of nitrogens with one attached hydrogen (secondary N) is 1. The Hall–Kier alpha value is -2.00. The molecule has 0 aliphatic rings. The fourth-order valence-electron chi connectivity index (χ4n) is 2.12. The molecule has 3 nitrogen and oxygen atoms in total. The van der Waals surface area contributed by atoms with Gasteiger partial charge < -0.3 is 10.1 Å². The standard InChI is InChI=1S/C17H18ClNO2/c1-21-16-8-7-15(18)12-14(16)9-10-19-17(20)11-13-5-3-2-4-6-13/h2-8,12H,9-11H2,1H3,(H,19,20). The number of carbonyl (C=O) groups excluding carboxylic acids is 1. The minimum atomic E-state index is 0.0159. The minimum Gasteiger partial charge on any atom is -0.496 e. The van der Waals surface area contributed by atoms with Crippen molar-refractivity contribution in [2.45, 2.75) is 12.8 Å². The maximum atomic E-state index is 11.9. The molecule has 0 saturated heterocycles. The van der Waals surface area contributed by atoms with Crippen molar-refractivity contribution in [3.05, 3.63) is 64.7 Å². The number of carbonyl (C=O) groups is 1. The van der Waals surface area contributed by atoms with Crippen molar-refractivity contribution in [2.75, 3.05) is 13.7 Å². The molecule has 2 aromatic carbocycles. The third kappa shape index (κ3) is 4.80. The van der Waals surface area contributed by atoms with E-state index in [1.165, 1.54) is 0 Å². The Morgan fingerprint density at radius 2 is 1.95 bits per heavy atom. The molecule has 0 bridgehead atoms. The van der Waals surface area contributed by atoms with Gasteiger partial charge in [-0.05, 0) is 35.7 Å². The molecule has 4 heteroatoms. The maximum absolute atomic E-state index is 11.9. The number of halogens is 1. The molecule has 2 aromatic rings. The maximum Gasteiger partial charge on any atom is 0.224 e. The minimum absolute atomic E-state index is 0.0159. The lowest BCUT2D eigenvalue weighted by Crippen LogP contribution is -2.27. The van der Waals surface area contributed by atoms with Crippen molar-refractivity contribution < 1.29 is 9.53 Å². The summed E-state index contributed by atoms with van der Waals surface area (Å²) < 4.78 is 5.28. The predicted octanol–water partition coefficient (Wildman–Crippen LogP) is 3.25. The summed E-state index contributed by atoms with van der Waals surface area (Å²) in [6, 6.07) is 15.2. The average Bonchev–Trinajstić information content (AvgIpc) is 2.48. The number of hydrogen-bond acceptors (Lipinski definition) is 2. The summed E-state index contributed by atoms with van der Waals surface area (Å²) >= 11 is 5.98. The smallest absolute Gasteiger partial charge is 0.224 e. The number of amides is 1. The molecule has 0 heterocycles. The second-order valence-electron chi connectivity index (χ2n) is 4.72. The number of rotatable bonds is 6. The second kappa shape index (κ2) is 7.70. The Bertz CT molecular complexity index is 599. The molecule has 1 amide bonds. The third-order valence-electron chi connectivity index (χ3n) is 3.17. The lowest BCUT2D eigenvalue weighted by molar-refractivity contribution is -0.120. The highest BCUT2D eigenvalue weighted by Gasteiger charge is 2.06. The van der Waals surface area contributed by atoms with Crippen molar-refractivity contribution in [1.29, 1.82) is 0 Å². The largest absolute Gasteiger partial charge is 0.496 e. The Morgan fingerprint density at radius 1 is 1.19 bits per heavy atom. The number of ether oxygens (including phenoxy) is 1. The molecular weight excluding hydrogens is 286 g/mol. The first kappa shape index (κ1) is 15.4. The molecule has 0 fully saturated rings. The fourth-order valence-corrected chi connectivity index (χ4v) is 2.32. The van der Waals surface area contributed by atoms with E-state index in [-0.39, 0.29) is 5.91 Å². The fraction of sp³-hybridized carbons (Fsp3) is 0.235. The van der Waals surface area contributed by atoms with Crippen molar-refractivity contribution in [1.82, 2.24) is 5.32 Å². The summed E-state index contributed by atoms with van der Waals surface area (Å²) in [5, 5.41) is 3.58. The van der Waals surface area contributed by atoms with Crippen LogP contribution >= 0.6 is 11.6 Å². The normalized spacial score (nSPS) is 10.2. The summed E-state index contributed by atoms with van der Waals surface area (Å²) in [7, 11) is 1.63. The molecule has 0 aliphatic carbocycles. The summed E-state index contributed by atoms with van der Waals surface area (Å²) in [6.45, 7) is 0.558. The summed E-state index contributed by atoms with van der Waals surface area (Å²) in [5.41, 5.74) is 2.00. The topological polar surface area (TPSA) is 38.3 Å². The van der Waals surface area contributed by atoms with E-state index >= 15 is 0 Å². The van der Waals surface area contributed by atoms with E-state index in [0.29, 0.717) is 24.4 Å². The van der Waals surface area contributed by atoms with Gasteiger partial charge in [-0.2, -0.15) is 0 Å². The first-order valence-corrected chi connectivity index (χ1v) is 7.20. The first-order valence-electron chi connectivity index (χ1n) is 6.82. The Morgan fingerprint density at radius 3 is 2.67 bits per heavy atom. The van der Waals surface area contributed by atoms with Gasteiger partial charge >= 0.3 is 0 Å². The Labute approximate surface area is 129 Å². The number of benzene rings is 2. The van der Waals surface area contributed by atoms with Crippen LogP contribution in [0.5, 0.6) is 5.75 Å². The van der Waals surface area contributed by atoms with Crippen molar-refractivity contribution in [3.8, 4) is 5.75 Å². The molecule has 0 aliphatic heterocycles. The van der Waals surface area contributed by atoms with Crippen LogP contribution in [0.15, 0.2) is 48.5 Å². The van der Waals surface area contributed by atoms with E-state index in [2.05, 4.69) is 5.32 Å². The van der Waals surface area contributed by atoms with Crippen LogP contribution < -0.4 is 10.1 Å². The molecule has 110 valence electrons. The SMILES string of the molecule is COc1ccc(Cl)cc1CCNC(=O)Cc1ccccc1. The van der Waals surface area contributed by atoms with Crippen LogP contribution in [0.3, 0.4) is 0 Å². The Balaban J connectivity index is 1.84. The monoisotopic (exact) mass is 303 g/mol. The van der Waals surface area contributed by atoms with Gasteiger partial charge in [0, 0.05) is 11.6 Å². The molecule has 0 unspecified atom stereocenters. The zero-order chi connectivity index (χ0) is 15.1. The zero-order valence-corrected chi connectivity index (χ0v) is 12.7. The quantitative estimate of drug-likeness (QED) is 0.889. The molecule has 0 radical (unpaired) electrons. The third-order valence-corrected chi connectivity index (χ3v) is 3.40. The predicted molar refractivity (Wildman–Crippen MR) is 84.9 cm³/mol. The zero-order valence-electron chi connectivity index (χ0n) is 11.9. The highest BCUT2D eigenvalue weighted by atomic mass is 35.5. The summed E-state index contributed by atoms with van der Waals surface area (Å²) in [6.07, 6.45) is 1.08. The van der Waals surface area contributed by atoms with Crippen molar-refractivity contribution in [2.24, 2.45) is 0 Å². The molecule has 0 aromatic heterocycles. The van der Waals surface area contributed by atoms with Gasteiger partial charge in [0.15, 0.2) is 0 Å². The van der Waals surface area contributed by atoms with Gasteiger partial charge in [-0.25, -0.2) is 0 Å². The molecular formula is C17H18ClNO2. The van der Waals surface area contributed by atoms with Gasteiger partial charge in [0.1, 0.15) is 5.75 Å². The summed E-state index contributed by atoms with van der Waals surface area (Å²) in [5.74, 6) is 0.805. The van der Waals surface area contributed by atoms with Crippen molar-refractivity contribution in [3.63, 3.8) is 0 Å². The van der Waals surface area contributed by atoms with E-state index in [1.54, 1.807) is 13.2 Å². The lowest BCUT2D eigenvalue weighted by atomic mass is 10.1. The van der Waals surface area contributed by atoms with Crippen LogP contribution in [0.2, 0.25) is 5.02 Å². The van der Waals surface area contributed by atoms with Gasteiger partial charge in [0.05, 0.1) is 13.5 Å². The van der Waals surface area contributed by atoms with Crippen LogP contribution in [0.4, 0.5) is 0 Å². The summed E-state index contributed by atoms with van der Waals surface area (Å²) in [4.78, 5) is 11.9. The first-order chi connectivity index (χ1) is 10.2. The van der Waals surface area contributed by atoms with Crippen LogP contribution in [0.25, 0.3) is 0 Å². The van der Waals surface area contributed by atoms with E-state index in [4.69, 9.17) is 16.3 Å². The highest BCUT2D eigenvalue weighted by Crippen LogP contribution is 2.22. The molecule has 21 heavy (non-hydrogen) atoms. The number of hydrogen-bond donors (Lipinski definition) is 1. The van der Waals surface area contributed by atoms with Crippen LogP contribution in [0, 0.1) is 0 Å². The van der Waals surface area contributed by atoms with E-state index in [0.717, 1.165) is 16.9 Å². The molecule has 0 spiro atoms. The van der Waals surface area contributed by atoms with Crippen LogP contribution in [-0.4, -0.2) is 19.6 Å². The van der Waals surface area contributed by atoms with Crippen LogP contribution in [0.1, 0.15) is 11.1 Å². The Kier molecular flexibility index (Phi) is 5.64. The second-order valence-corrected chi connectivity index (χ2v) is 5.15. The molecule has 0 saturated carbocycles. The molecule has 1 N–H and O–H groups in total. The lowest BCUT2D eigenvalue weighted by Gasteiger charge is -2.10. The van der Waals surface area contributed by atoms with Gasteiger partial charge in [0.2, 0.25) is 5.91 Å². The van der Waals surface area contributed by atoms with Gasteiger partial charge in [0.25, 0.3) is 0 Å². The van der Waals surface area contributed by atoms with E-state index in [9.17, 15) is 4.79 Å². The van der Waals surface area contributed by atoms with Crippen LogP contribution in [-0.2, 0) is 17.6 Å². The number of methoxy groups -OCH3 is 1. The highest BCUT2D eigenvalue weighted by molar-refractivity contribution is 6.30. The van der Waals surface area contributed by atoms with Gasteiger partial charge in [-0.3, -0.25) is 4.79 Å². The molecule has 0 atom stereocenters. The molecule has 2 rings (SSSR count). The van der Waals surface area contributed by atoms with E-state index in [1.807, 2.05) is 42.5 Å². The van der Waals surface area contributed by atoms with Gasteiger partial charge in [-0.15, -0.1) is 0 Å². The van der Waals surface area contributed by atoms with Gasteiger partial charge in [-0.1, -0.05) is 41.9 Å².